The van der Waals surface area contributed by atoms with E-state index in [1.165, 1.54) is 16.8 Å². The van der Waals surface area contributed by atoms with Crippen LogP contribution in [0.4, 0.5) is 5.69 Å². The summed E-state index contributed by atoms with van der Waals surface area (Å²) in [5.74, 6) is 0.867. The van der Waals surface area contributed by atoms with Crippen molar-refractivity contribution in [2.45, 2.75) is 26.9 Å². The third-order valence-electron chi connectivity index (χ3n) is 3.80. The number of guanidine groups is 1. The maximum absolute atomic E-state index is 4.52. The molecular formula is C18H28IN5S. The summed E-state index contributed by atoms with van der Waals surface area (Å²) in [5.41, 5.74) is 4.83. The first kappa shape index (κ1) is 21.7. The third kappa shape index (κ3) is 6.14. The van der Waals surface area contributed by atoms with Gasteiger partial charge in [-0.25, -0.2) is 4.98 Å². The summed E-state index contributed by atoms with van der Waals surface area (Å²) in [6.07, 6.45) is 0. The summed E-state index contributed by atoms with van der Waals surface area (Å²) in [6.45, 7) is 5.63. The second kappa shape index (κ2) is 9.96. The minimum atomic E-state index is 0. The van der Waals surface area contributed by atoms with Gasteiger partial charge in [0.15, 0.2) is 5.96 Å². The molecule has 138 valence electrons. The van der Waals surface area contributed by atoms with Crippen LogP contribution in [0.15, 0.2) is 28.6 Å². The lowest BCUT2D eigenvalue weighted by atomic mass is 10.1. The molecule has 0 fully saturated rings. The second-order valence-electron chi connectivity index (χ2n) is 6.14. The van der Waals surface area contributed by atoms with Gasteiger partial charge in [0.2, 0.25) is 0 Å². The number of aryl methyl sites for hydroxylation is 2. The van der Waals surface area contributed by atoms with Gasteiger partial charge >= 0.3 is 0 Å². The molecule has 0 aliphatic rings. The summed E-state index contributed by atoms with van der Waals surface area (Å²) in [6, 6.07) is 6.53. The van der Waals surface area contributed by atoms with Crippen molar-refractivity contribution < 1.29 is 0 Å². The van der Waals surface area contributed by atoms with Crippen LogP contribution in [-0.2, 0) is 13.1 Å². The summed E-state index contributed by atoms with van der Waals surface area (Å²) < 4.78 is 0. The highest BCUT2D eigenvalue weighted by atomic mass is 127. The molecule has 5 nitrogen and oxygen atoms in total. The first-order valence-electron chi connectivity index (χ1n) is 8.00. The molecule has 0 bridgehead atoms. The molecule has 1 aromatic heterocycles. The number of rotatable bonds is 5. The Morgan fingerprint density at radius 1 is 1.24 bits per heavy atom. The Balaban J connectivity index is 0.00000312. The van der Waals surface area contributed by atoms with Crippen LogP contribution >= 0.6 is 35.3 Å². The number of hydrogen-bond donors (Lipinski definition) is 1. The molecule has 0 saturated heterocycles. The van der Waals surface area contributed by atoms with Gasteiger partial charge in [-0.3, -0.25) is 4.99 Å². The van der Waals surface area contributed by atoms with E-state index in [0.29, 0.717) is 0 Å². The zero-order valence-corrected chi connectivity index (χ0v) is 19.0. The van der Waals surface area contributed by atoms with Crippen LogP contribution in [0.5, 0.6) is 0 Å². The van der Waals surface area contributed by atoms with Crippen LogP contribution in [0.2, 0.25) is 0 Å². The van der Waals surface area contributed by atoms with E-state index in [2.05, 4.69) is 69.7 Å². The van der Waals surface area contributed by atoms with Crippen molar-refractivity contribution in [1.29, 1.82) is 0 Å². The SMILES string of the molecule is CN=C(NCc1ccc(C)cc1N(C)C)N(C)Cc1csc(C)n1.I. The molecule has 1 N–H and O–H groups in total. The fourth-order valence-electron chi connectivity index (χ4n) is 2.60. The molecule has 1 aromatic carbocycles. The highest BCUT2D eigenvalue weighted by Crippen LogP contribution is 2.20. The molecule has 0 aliphatic heterocycles. The zero-order chi connectivity index (χ0) is 17.7. The molecule has 0 atom stereocenters. The average molecular weight is 473 g/mol. The summed E-state index contributed by atoms with van der Waals surface area (Å²) >= 11 is 1.68. The van der Waals surface area contributed by atoms with Crippen LogP contribution in [0, 0.1) is 13.8 Å². The molecule has 7 heteroatoms. The van der Waals surface area contributed by atoms with E-state index in [9.17, 15) is 0 Å². The quantitative estimate of drug-likeness (QED) is 0.409. The van der Waals surface area contributed by atoms with Crippen molar-refractivity contribution in [3.05, 3.63) is 45.4 Å². The maximum atomic E-state index is 4.52. The molecule has 25 heavy (non-hydrogen) atoms. The molecule has 0 unspecified atom stereocenters. The van der Waals surface area contributed by atoms with Crippen LogP contribution in [0.3, 0.4) is 0 Å². The van der Waals surface area contributed by atoms with Gasteiger partial charge in [-0.05, 0) is 31.0 Å². The minimum Gasteiger partial charge on any atom is -0.377 e. The fourth-order valence-corrected chi connectivity index (χ4v) is 3.20. The highest BCUT2D eigenvalue weighted by molar-refractivity contribution is 14.0. The normalized spacial score (nSPS) is 11.0. The standard InChI is InChI=1S/C18H27N5S.HI/c1-13-7-8-15(17(9-13)22(4)5)10-20-18(19-3)23(6)11-16-12-24-14(2)21-16;/h7-9,12H,10-11H2,1-6H3,(H,19,20);1H. The number of hydrogen-bond acceptors (Lipinski definition) is 4. The van der Waals surface area contributed by atoms with E-state index in [0.717, 1.165) is 29.8 Å². The van der Waals surface area contributed by atoms with E-state index in [4.69, 9.17) is 0 Å². The Bertz CT molecular complexity index is 711. The van der Waals surface area contributed by atoms with E-state index < -0.39 is 0 Å². The van der Waals surface area contributed by atoms with Crippen molar-refractivity contribution in [1.82, 2.24) is 15.2 Å². The summed E-state index contributed by atoms with van der Waals surface area (Å²) in [4.78, 5) is 13.2. The first-order chi connectivity index (χ1) is 11.4. The number of halogens is 1. The molecule has 2 rings (SSSR count). The van der Waals surface area contributed by atoms with E-state index >= 15 is 0 Å². The average Bonchev–Trinajstić information content (AvgIpc) is 2.93. The predicted octanol–water partition coefficient (Wildman–Crippen LogP) is 3.65. The third-order valence-corrected chi connectivity index (χ3v) is 4.62. The number of nitrogens with zero attached hydrogens (tertiary/aromatic N) is 4. The van der Waals surface area contributed by atoms with Crippen LogP contribution in [-0.4, -0.2) is 44.0 Å². The number of aromatic nitrogens is 1. The lowest BCUT2D eigenvalue weighted by Crippen LogP contribution is -2.38. The van der Waals surface area contributed by atoms with Crippen LogP contribution in [0.1, 0.15) is 21.8 Å². The van der Waals surface area contributed by atoms with Gasteiger partial charge in [0.1, 0.15) is 0 Å². The number of benzene rings is 1. The van der Waals surface area contributed by atoms with E-state index in [1.54, 1.807) is 11.3 Å². The zero-order valence-electron chi connectivity index (χ0n) is 15.8. The largest absolute Gasteiger partial charge is 0.377 e. The van der Waals surface area contributed by atoms with Gasteiger partial charge in [0.05, 0.1) is 17.2 Å². The molecular weight excluding hydrogens is 445 g/mol. The lowest BCUT2D eigenvalue weighted by molar-refractivity contribution is 0.470. The number of anilines is 1. The molecule has 0 aliphatic carbocycles. The summed E-state index contributed by atoms with van der Waals surface area (Å²) in [7, 11) is 7.99. The lowest BCUT2D eigenvalue weighted by Gasteiger charge is -2.23. The Kier molecular flexibility index (Phi) is 8.64. The van der Waals surface area contributed by atoms with Gasteiger partial charge in [-0.1, -0.05) is 12.1 Å². The number of nitrogens with one attached hydrogen (secondary N) is 1. The molecule has 0 radical (unpaired) electrons. The number of thiazole rings is 1. The molecule has 0 amide bonds. The topological polar surface area (TPSA) is 43.8 Å². The Hall–Kier alpha value is -1.35. The van der Waals surface area contributed by atoms with Crippen LogP contribution in [0.25, 0.3) is 0 Å². The fraction of sp³-hybridized carbons (Fsp3) is 0.444. The van der Waals surface area contributed by atoms with Crippen molar-refractivity contribution in [2.75, 3.05) is 33.1 Å². The van der Waals surface area contributed by atoms with Crippen molar-refractivity contribution in [3.63, 3.8) is 0 Å². The maximum Gasteiger partial charge on any atom is 0.194 e. The van der Waals surface area contributed by atoms with Gasteiger partial charge in [0, 0.05) is 45.8 Å². The van der Waals surface area contributed by atoms with Gasteiger partial charge in [-0.2, -0.15) is 0 Å². The predicted molar refractivity (Wildman–Crippen MR) is 119 cm³/mol. The smallest absolute Gasteiger partial charge is 0.194 e. The van der Waals surface area contributed by atoms with Crippen molar-refractivity contribution in [2.24, 2.45) is 4.99 Å². The Morgan fingerprint density at radius 2 is 1.96 bits per heavy atom. The van der Waals surface area contributed by atoms with E-state index in [1.807, 2.05) is 21.0 Å². The highest BCUT2D eigenvalue weighted by Gasteiger charge is 2.10. The minimum absolute atomic E-state index is 0. The van der Waals surface area contributed by atoms with Gasteiger partial charge in [0.25, 0.3) is 0 Å². The number of aliphatic imine (C=N–C) groups is 1. The summed E-state index contributed by atoms with van der Waals surface area (Å²) in [5, 5.41) is 6.65. The molecule has 0 spiro atoms. The van der Waals surface area contributed by atoms with Gasteiger partial charge in [-0.15, -0.1) is 35.3 Å². The van der Waals surface area contributed by atoms with Crippen LogP contribution < -0.4 is 10.2 Å². The Labute approximate surface area is 172 Å². The molecule has 2 aromatic rings. The second-order valence-corrected chi connectivity index (χ2v) is 7.20. The first-order valence-corrected chi connectivity index (χ1v) is 8.88. The van der Waals surface area contributed by atoms with Crippen molar-refractivity contribution in [3.8, 4) is 0 Å². The van der Waals surface area contributed by atoms with E-state index in [-0.39, 0.29) is 24.0 Å². The monoisotopic (exact) mass is 473 g/mol. The molecule has 1 heterocycles. The van der Waals surface area contributed by atoms with Crippen molar-refractivity contribution >= 4 is 47.0 Å². The van der Waals surface area contributed by atoms with Gasteiger partial charge < -0.3 is 15.1 Å². The Morgan fingerprint density at radius 3 is 2.52 bits per heavy atom. The molecule has 0 saturated carbocycles.